The first-order valence-electron chi connectivity index (χ1n) is 12.7. The van der Waals surface area contributed by atoms with Gasteiger partial charge in [-0.3, -0.25) is 0 Å². The van der Waals surface area contributed by atoms with Crippen LogP contribution in [0.2, 0.25) is 0 Å². The highest BCUT2D eigenvalue weighted by Crippen LogP contribution is 2.41. The molecule has 0 bridgehead atoms. The molecule has 1 N–H and O–H groups in total. The number of rotatable bonds is 6. The van der Waals surface area contributed by atoms with Crippen LogP contribution >= 0.6 is 0 Å². The molecule has 2 aliphatic rings. The van der Waals surface area contributed by atoms with Gasteiger partial charge in [0, 0.05) is 19.1 Å². The standard InChI is InChI=1S/C28H31FN6/c1-30-23-13-14-34(18-23)28-10-4-9-25(32-28)26-17-31-27-12-11-22(33-35(26)27)16-20-6-3-8-24(20)19-5-2-7-21(29)15-19/h2,4-5,7,9-12,15,17,20,23-24,30H,3,6,8,13-14,16,18H2,1H3/t20?,23-,24?/m1/s1. The van der Waals surface area contributed by atoms with Crippen LogP contribution in [-0.4, -0.2) is 45.8 Å². The summed E-state index contributed by atoms with van der Waals surface area (Å²) >= 11 is 0. The number of likely N-dealkylation sites (N-methyl/N-ethyl adjacent to an activating group) is 1. The van der Waals surface area contributed by atoms with Gasteiger partial charge < -0.3 is 10.2 Å². The van der Waals surface area contributed by atoms with Gasteiger partial charge in [-0.05, 0) is 86.5 Å². The van der Waals surface area contributed by atoms with E-state index in [2.05, 4.69) is 39.5 Å². The Morgan fingerprint density at radius 2 is 1.97 bits per heavy atom. The highest BCUT2D eigenvalue weighted by molar-refractivity contribution is 5.61. The van der Waals surface area contributed by atoms with Crippen molar-refractivity contribution in [2.75, 3.05) is 25.0 Å². The van der Waals surface area contributed by atoms with E-state index in [0.717, 1.165) is 72.9 Å². The molecule has 1 saturated carbocycles. The van der Waals surface area contributed by atoms with E-state index in [9.17, 15) is 4.39 Å². The van der Waals surface area contributed by atoms with Crippen LogP contribution in [0.1, 0.15) is 42.9 Å². The number of aromatic nitrogens is 4. The van der Waals surface area contributed by atoms with Gasteiger partial charge in [0.1, 0.15) is 17.3 Å². The highest BCUT2D eigenvalue weighted by Gasteiger charge is 2.29. The van der Waals surface area contributed by atoms with Gasteiger partial charge in [0.25, 0.3) is 0 Å². The van der Waals surface area contributed by atoms with Crippen LogP contribution in [0.5, 0.6) is 0 Å². The molecule has 35 heavy (non-hydrogen) atoms. The Kier molecular flexibility index (Phi) is 5.94. The van der Waals surface area contributed by atoms with Crippen LogP contribution < -0.4 is 10.2 Å². The van der Waals surface area contributed by atoms with Gasteiger partial charge in [-0.25, -0.2) is 18.9 Å². The monoisotopic (exact) mass is 470 g/mol. The van der Waals surface area contributed by atoms with E-state index in [4.69, 9.17) is 10.1 Å². The molecule has 3 aromatic heterocycles. The predicted molar refractivity (Wildman–Crippen MR) is 136 cm³/mol. The minimum absolute atomic E-state index is 0.152. The van der Waals surface area contributed by atoms with Crippen LogP contribution in [0.25, 0.3) is 17.0 Å². The average molecular weight is 471 g/mol. The molecule has 1 saturated heterocycles. The molecular weight excluding hydrogens is 439 g/mol. The fraction of sp³-hybridized carbons (Fsp3) is 0.393. The van der Waals surface area contributed by atoms with Gasteiger partial charge in [-0.15, -0.1) is 0 Å². The molecule has 180 valence electrons. The molecule has 1 aromatic carbocycles. The molecule has 4 heterocycles. The summed E-state index contributed by atoms with van der Waals surface area (Å²) in [7, 11) is 2.02. The summed E-state index contributed by atoms with van der Waals surface area (Å²) in [6.07, 6.45) is 7.29. The van der Waals surface area contributed by atoms with Gasteiger partial charge in [0.2, 0.25) is 0 Å². The number of hydrogen-bond donors (Lipinski definition) is 1. The second-order valence-electron chi connectivity index (χ2n) is 9.90. The van der Waals surface area contributed by atoms with Crippen molar-refractivity contribution >= 4 is 11.5 Å². The number of halogens is 1. The summed E-state index contributed by atoms with van der Waals surface area (Å²) in [5.41, 5.74) is 4.76. The molecule has 1 aliphatic carbocycles. The third-order valence-electron chi connectivity index (χ3n) is 7.74. The van der Waals surface area contributed by atoms with Gasteiger partial charge in [0.15, 0.2) is 5.65 Å². The summed E-state index contributed by atoms with van der Waals surface area (Å²) < 4.78 is 15.8. The summed E-state index contributed by atoms with van der Waals surface area (Å²) in [6.45, 7) is 1.97. The highest BCUT2D eigenvalue weighted by atomic mass is 19.1. The maximum absolute atomic E-state index is 13.8. The maximum atomic E-state index is 13.8. The zero-order valence-corrected chi connectivity index (χ0v) is 20.1. The number of anilines is 1. The number of pyridine rings is 1. The Morgan fingerprint density at radius 1 is 1.06 bits per heavy atom. The molecule has 0 spiro atoms. The third-order valence-corrected chi connectivity index (χ3v) is 7.74. The van der Waals surface area contributed by atoms with Gasteiger partial charge in [-0.1, -0.05) is 24.6 Å². The first-order valence-corrected chi connectivity index (χ1v) is 12.7. The molecule has 2 unspecified atom stereocenters. The smallest absolute Gasteiger partial charge is 0.154 e. The van der Waals surface area contributed by atoms with Crippen molar-refractivity contribution in [1.82, 2.24) is 24.9 Å². The van der Waals surface area contributed by atoms with Crippen LogP contribution in [0.3, 0.4) is 0 Å². The molecular formula is C28H31FN6. The second kappa shape index (κ2) is 9.38. The van der Waals surface area contributed by atoms with Crippen LogP contribution in [-0.2, 0) is 6.42 Å². The minimum atomic E-state index is -0.152. The Balaban J connectivity index is 1.27. The summed E-state index contributed by atoms with van der Waals surface area (Å²) in [5.74, 6) is 1.69. The second-order valence-corrected chi connectivity index (χ2v) is 9.90. The van der Waals surface area contributed by atoms with E-state index in [1.807, 2.05) is 36.0 Å². The Hall–Kier alpha value is -3.32. The number of nitrogens with zero attached hydrogens (tertiary/aromatic N) is 5. The normalized spacial score (nSPS) is 22.3. The van der Waals surface area contributed by atoms with E-state index < -0.39 is 0 Å². The minimum Gasteiger partial charge on any atom is -0.355 e. The van der Waals surface area contributed by atoms with Crippen LogP contribution in [0.15, 0.2) is 60.8 Å². The molecule has 7 heteroatoms. The van der Waals surface area contributed by atoms with Crippen molar-refractivity contribution in [3.63, 3.8) is 0 Å². The summed E-state index contributed by atoms with van der Waals surface area (Å²) in [5, 5.41) is 8.36. The van der Waals surface area contributed by atoms with E-state index in [-0.39, 0.29) is 5.82 Å². The topological polar surface area (TPSA) is 58.3 Å². The van der Waals surface area contributed by atoms with E-state index in [1.54, 1.807) is 6.07 Å². The van der Waals surface area contributed by atoms with E-state index in [1.165, 1.54) is 12.5 Å². The zero-order chi connectivity index (χ0) is 23.8. The maximum Gasteiger partial charge on any atom is 0.154 e. The van der Waals surface area contributed by atoms with Gasteiger partial charge in [-0.2, -0.15) is 5.10 Å². The molecule has 1 aliphatic heterocycles. The van der Waals surface area contributed by atoms with Crippen molar-refractivity contribution in [2.45, 2.75) is 44.1 Å². The molecule has 0 radical (unpaired) electrons. The third kappa shape index (κ3) is 4.41. The number of imidazole rings is 1. The quantitative estimate of drug-likeness (QED) is 0.436. The molecule has 6 rings (SSSR count). The van der Waals surface area contributed by atoms with Gasteiger partial charge >= 0.3 is 0 Å². The number of fused-ring (bicyclic) bond motifs is 1. The lowest BCUT2D eigenvalue weighted by Crippen LogP contribution is -2.29. The molecule has 0 amide bonds. The van der Waals surface area contributed by atoms with Crippen molar-refractivity contribution in [3.8, 4) is 11.4 Å². The largest absolute Gasteiger partial charge is 0.355 e. The van der Waals surface area contributed by atoms with Crippen molar-refractivity contribution in [3.05, 3.63) is 77.9 Å². The molecule has 6 nitrogen and oxygen atoms in total. The number of benzene rings is 1. The Morgan fingerprint density at radius 3 is 2.83 bits per heavy atom. The fourth-order valence-electron chi connectivity index (χ4n) is 5.87. The molecule has 2 fully saturated rings. The summed E-state index contributed by atoms with van der Waals surface area (Å²) in [4.78, 5) is 11.9. The van der Waals surface area contributed by atoms with Gasteiger partial charge in [0.05, 0.1) is 17.6 Å². The predicted octanol–water partition coefficient (Wildman–Crippen LogP) is 4.85. The van der Waals surface area contributed by atoms with Crippen LogP contribution in [0, 0.1) is 11.7 Å². The lowest BCUT2D eigenvalue weighted by molar-refractivity contribution is 0.472. The lowest BCUT2D eigenvalue weighted by atomic mass is 9.86. The molecule has 4 aromatic rings. The fourth-order valence-corrected chi connectivity index (χ4v) is 5.87. The number of hydrogen-bond acceptors (Lipinski definition) is 5. The van der Waals surface area contributed by atoms with Crippen molar-refractivity contribution in [2.24, 2.45) is 5.92 Å². The average Bonchev–Trinajstić information content (AvgIpc) is 3.64. The SMILES string of the molecule is CN[C@@H]1CCN(c2cccc(-c3cnc4ccc(CC5CCCC5c5cccc(F)c5)nn34)n2)C1. The first-order chi connectivity index (χ1) is 17.2. The van der Waals surface area contributed by atoms with Crippen molar-refractivity contribution < 1.29 is 4.39 Å². The molecule has 3 atom stereocenters. The van der Waals surface area contributed by atoms with Crippen LogP contribution in [0.4, 0.5) is 10.2 Å². The van der Waals surface area contributed by atoms with Crippen molar-refractivity contribution in [1.29, 1.82) is 0 Å². The lowest BCUT2D eigenvalue weighted by Gasteiger charge is -2.20. The van der Waals surface area contributed by atoms with E-state index >= 15 is 0 Å². The zero-order valence-electron chi connectivity index (χ0n) is 20.1. The van der Waals surface area contributed by atoms with E-state index in [0.29, 0.717) is 17.9 Å². The summed E-state index contributed by atoms with van der Waals surface area (Å²) in [6, 6.07) is 17.9. The Bertz CT molecular complexity index is 1330. The number of nitrogens with one attached hydrogen (secondary N) is 1. The Labute approximate surface area is 205 Å². The first kappa shape index (κ1) is 22.2.